The zero-order valence-corrected chi connectivity index (χ0v) is 13.3. The number of benzene rings is 1. The largest absolute Gasteiger partial charge is 0.353 e. The number of nitrogens with zero attached hydrogens (tertiary/aromatic N) is 1. The van der Waals surface area contributed by atoms with Crippen molar-refractivity contribution in [3.63, 3.8) is 0 Å². The molecule has 0 bridgehead atoms. The van der Waals surface area contributed by atoms with Crippen molar-refractivity contribution in [2.75, 3.05) is 6.54 Å². The summed E-state index contributed by atoms with van der Waals surface area (Å²) in [6.45, 7) is 5.09. The van der Waals surface area contributed by atoms with Gasteiger partial charge in [0.15, 0.2) is 0 Å². The first-order chi connectivity index (χ1) is 10.7. The molecule has 2 aromatic heterocycles. The van der Waals surface area contributed by atoms with Gasteiger partial charge in [-0.3, -0.25) is 4.98 Å². The van der Waals surface area contributed by atoms with Crippen molar-refractivity contribution in [3.05, 3.63) is 53.2 Å². The molecule has 0 fully saturated rings. The predicted molar refractivity (Wildman–Crippen MR) is 93.0 cm³/mol. The second-order valence-corrected chi connectivity index (χ2v) is 5.89. The summed E-state index contributed by atoms with van der Waals surface area (Å²) in [5, 5.41) is 1.36. The summed E-state index contributed by atoms with van der Waals surface area (Å²) in [6, 6.07) is 10.5. The number of hydrogen-bond donors (Lipinski definition) is 2. The van der Waals surface area contributed by atoms with Gasteiger partial charge in [0, 0.05) is 17.1 Å². The molecule has 2 heterocycles. The van der Waals surface area contributed by atoms with Crippen LogP contribution in [0.25, 0.3) is 22.3 Å². The van der Waals surface area contributed by atoms with Crippen molar-refractivity contribution >= 4 is 10.9 Å². The minimum absolute atomic E-state index is 0.749. The van der Waals surface area contributed by atoms with Crippen LogP contribution < -0.4 is 5.73 Å². The summed E-state index contributed by atoms with van der Waals surface area (Å²) < 4.78 is 0. The maximum Gasteiger partial charge on any atom is 0.0867 e. The molecule has 22 heavy (non-hydrogen) atoms. The van der Waals surface area contributed by atoms with Gasteiger partial charge in [-0.05, 0) is 68.5 Å². The maximum atomic E-state index is 5.66. The van der Waals surface area contributed by atoms with E-state index in [-0.39, 0.29) is 0 Å². The van der Waals surface area contributed by atoms with E-state index in [1.54, 1.807) is 0 Å². The highest BCUT2D eigenvalue weighted by Crippen LogP contribution is 2.34. The maximum absolute atomic E-state index is 5.66. The van der Waals surface area contributed by atoms with E-state index in [4.69, 9.17) is 5.73 Å². The molecule has 114 valence electrons. The van der Waals surface area contributed by atoms with Gasteiger partial charge in [-0.2, -0.15) is 0 Å². The normalized spacial score (nSPS) is 11.2. The smallest absolute Gasteiger partial charge is 0.0867 e. The minimum Gasteiger partial charge on any atom is -0.353 e. The van der Waals surface area contributed by atoms with Gasteiger partial charge in [-0.25, -0.2) is 0 Å². The Morgan fingerprint density at radius 2 is 1.86 bits per heavy atom. The van der Waals surface area contributed by atoms with Crippen LogP contribution in [0.5, 0.6) is 0 Å². The van der Waals surface area contributed by atoms with Gasteiger partial charge < -0.3 is 10.7 Å². The fraction of sp³-hybridized carbons (Fsp3) is 0.316. The van der Waals surface area contributed by atoms with Crippen molar-refractivity contribution in [2.24, 2.45) is 5.73 Å². The third kappa shape index (κ3) is 2.64. The van der Waals surface area contributed by atoms with Gasteiger partial charge in [0.25, 0.3) is 0 Å². The van der Waals surface area contributed by atoms with E-state index in [1.807, 2.05) is 18.3 Å². The molecule has 0 unspecified atom stereocenters. The molecule has 3 aromatic rings. The first-order valence-corrected chi connectivity index (χ1v) is 7.94. The zero-order valence-electron chi connectivity index (χ0n) is 13.3. The fourth-order valence-electron chi connectivity index (χ4n) is 3.11. The number of nitrogens with two attached hydrogens (primary N) is 1. The average Bonchev–Trinajstić information content (AvgIpc) is 2.93. The van der Waals surface area contributed by atoms with Crippen LogP contribution in [0, 0.1) is 13.8 Å². The first-order valence-electron chi connectivity index (χ1n) is 7.94. The molecule has 3 nitrogen and oxygen atoms in total. The summed E-state index contributed by atoms with van der Waals surface area (Å²) in [5.41, 5.74) is 13.1. The van der Waals surface area contributed by atoms with Crippen LogP contribution in [0.1, 0.15) is 29.5 Å². The van der Waals surface area contributed by atoms with Crippen molar-refractivity contribution < 1.29 is 0 Å². The lowest BCUT2D eigenvalue weighted by atomic mass is 9.98. The number of pyridine rings is 1. The van der Waals surface area contributed by atoms with Gasteiger partial charge >= 0.3 is 0 Å². The first kappa shape index (κ1) is 14.8. The number of fused-ring (bicyclic) bond motifs is 1. The molecule has 3 heteroatoms. The molecule has 0 aliphatic rings. The molecule has 0 amide bonds. The topological polar surface area (TPSA) is 54.7 Å². The van der Waals surface area contributed by atoms with Crippen molar-refractivity contribution in [1.82, 2.24) is 9.97 Å². The number of hydrogen-bond acceptors (Lipinski definition) is 2. The molecule has 0 radical (unpaired) electrons. The van der Waals surface area contributed by atoms with Crippen molar-refractivity contribution in [3.8, 4) is 11.4 Å². The number of H-pyrrole nitrogens is 1. The van der Waals surface area contributed by atoms with Crippen molar-refractivity contribution in [1.29, 1.82) is 0 Å². The summed E-state index contributed by atoms with van der Waals surface area (Å²) in [7, 11) is 0. The van der Waals surface area contributed by atoms with E-state index in [1.165, 1.54) is 27.6 Å². The monoisotopic (exact) mass is 293 g/mol. The van der Waals surface area contributed by atoms with E-state index in [0.717, 1.165) is 37.2 Å². The Labute approximate surface area is 131 Å². The highest BCUT2D eigenvalue weighted by molar-refractivity contribution is 5.94. The number of nitrogens with one attached hydrogen (secondary N) is 1. The second-order valence-electron chi connectivity index (χ2n) is 5.89. The predicted octanol–water partition coefficient (Wildman–Crippen LogP) is 4.13. The summed E-state index contributed by atoms with van der Waals surface area (Å²) in [5.74, 6) is 0. The Hall–Kier alpha value is -2.13. The Bertz CT molecular complexity index is 772. The number of aromatic nitrogens is 2. The molecule has 0 spiro atoms. The molecular weight excluding hydrogens is 270 g/mol. The Balaban J connectivity index is 2.19. The number of aryl methyl sites for hydroxylation is 3. The van der Waals surface area contributed by atoms with E-state index >= 15 is 0 Å². The standard InChI is InChI=1S/C19H23N3/c1-13-9-10-14(2)18-17(13)15(7-3-5-11-20)19(22-18)16-8-4-6-12-21-16/h4,6,8-10,12,22H,3,5,7,11,20H2,1-2H3. The summed E-state index contributed by atoms with van der Waals surface area (Å²) >= 11 is 0. The van der Waals surface area contributed by atoms with Crippen LogP contribution in [0.15, 0.2) is 36.5 Å². The minimum atomic E-state index is 0.749. The summed E-state index contributed by atoms with van der Waals surface area (Å²) in [6.07, 6.45) is 5.05. The highest BCUT2D eigenvalue weighted by Gasteiger charge is 2.16. The lowest BCUT2D eigenvalue weighted by Crippen LogP contribution is -1.99. The van der Waals surface area contributed by atoms with Crippen LogP contribution in [0.3, 0.4) is 0 Å². The number of unbranched alkanes of at least 4 members (excludes halogenated alkanes) is 1. The molecule has 0 saturated heterocycles. The van der Waals surface area contributed by atoms with Gasteiger partial charge in [-0.15, -0.1) is 0 Å². The van der Waals surface area contributed by atoms with E-state index in [0.29, 0.717) is 0 Å². The van der Waals surface area contributed by atoms with Crippen LogP contribution in [0.4, 0.5) is 0 Å². The van der Waals surface area contributed by atoms with Crippen molar-refractivity contribution in [2.45, 2.75) is 33.1 Å². The SMILES string of the molecule is Cc1ccc(C)c2c(CCCCN)c(-c3ccccn3)[nH]c12. The zero-order chi connectivity index (χ0) is 15.5. The number of aromatic amines is 1. The summed E-state index contributed by atoms with van der Waals surface area (Å²) in [4.78, 5) is 8.16. The fourth-order valence-corrected chi connectivity index (χ4v) is 3.11. The molecule has 3 rings (SSSR count). The second kappa shape index (κ2) is 6.32. The van der Waals surface area contributed by atoms with Gasteiger partial charge in [0.05, 0.1) is 11.4 Å². The van der Waals surface area contributed by atoms with Gasteiger partial charge in [0.2, 0.25) is 0 Å². The molecule has 0 aliphatic heterocycles. The van der Waals surface area contributed by atoms with Gasteiger partial charge in [0.1, 0.15) is 0 Å². The van der Waals surface area contributed by atoms with Gasteiger partial charge in [-0.1, -0.05) is 18.2 Å². The average molecular weight is 293 g/mol. The highest BCUT2D eigenvalue weighted by atomic mass is 14.8. The Morgan fingerprint density at radius 1 is 1.05 bits per heavy atom. The molecule has 0 aliphatic carbocycles. The lowest BCUT2D eigenvalue weighted by Gasteiger charge is -2.06. The van der Waals surface area contributed by atoms with Crippen LogP contribution >= 0.6 is 0 Å². The molecule has 0 atom stereocenters. The van der Waals surface area contributed by atoms with E-state index in [2.05, 4.69) is 42.0 Å². The Kier molecular flexibility index (Phi) is 4.25. The Morgan fingerprint density at radius 3 is 2.59 bits per heavy atom. The third-order valence-corrected chi connectivity index (χ3v) is 4.28. The molecule has 3 N–H and O–H groups in total. The van der Waals surface area contributed by atoms with Crippen LogP contribution in [-0.4, -0.2) is 16.5 Å². The third-order valence-electron chi connectivity index (χ3n) is 4.28. The molecule has 1 aromatic carbocycles. The van der Waals surface area contributed by atoms with E-state index < -0.39 is 0 Å². The van der Waals surface area contributed by atoms with Crippen LogP contribution in [-0.2, 0) is 6.42 Å². The molecular formula is C19H23N3. The van der Waals surface area contributed by atoms with Crippen LogP contribution in [0.2, 0.25) is 0 Å². The number of rotatable bonds is 5. The quantitative estimate of drug-likeness (QED) is 0.695. The molecule has 0 saturated carbocycles. The lowest BCUT2D eigenvalue weighted by molar-refractivity contribution is 0.748. The van der Waals surface area contributed by atoms with E-state index in [9.17, 15) is 0 Å².